The Hall–Kier alpha value is -2.89. The van der Waals surface area contributed by atoms with Gasteiger partial charge in [-0.1, -0.05) is 0 Å². The van der Waals surface area contributed by atoms with Crippen molar-refractivity contribution in [3.05, 3.63) is 53.7 Å². The zero-order valence-corrected chi connectivity index (χ0v) is 12.6. The van der Waals surface area contributed by atoms with Crippen LogP contribution in [0.25, 0.3) is 11.5 Å². The maximum absolute atomic E-state index is 12.1. The molecule has 0 aliphatic heterocycles. The van der Waals surface area contributed by atoms with Crippen LogP contribution in [0.3, 0.4) is 0 Å². The molecule has 0 unspecified atom stereocenters. The third kappa shape index (κ3) is 2.63. The molecule has 0 bridgehead atoms. The Morgan fingerprint density at radius 1 is 1.18 bits per heavy atom. The van der Waals surface area contributed by atoms with Crippen LogP contribution in [0.4, 0.5) is 5.69 Å². The van der Waals surface area contributed by atoms with E-state index in [2.05, 4.69) is 15.4 Å². The highest BCUT2D eigenvalue weighted by atomic mass is 16.4. The third-order valence-electron chi connectivity index (χ3n) is 3.47. The minimum absolute atomic E-state index is 0.199. The van der Waals surface area contributed by atoms with E-state index in [1.165, 1.54) is 4.68 Å². The second kappa shape index (κ2) is 5.48. The zero-order chi connectivity index (χ0) is 15.7. The summed E-state index contributed by atoms with van der Waals surface area (Å²) in [5.74, 6) is 1.19. The molecule has 1 aromatic carbocycles. The number of carbonyl (C=O) groups is 1. The van der Waals surface area contributed by atoms with Gasteiger partial charge in [-0.2, -0.15) is 5.10 Å². The van der Waals surface area contributed by atoms with Gasteiger partial charge in [0.25, 0.3) is 5.91 Å². The molecule has 0 fully saturated rings. The summed E-state index contributed by atoms with van der Waals surface area (Å²) >= 11 is 0. The minimum atomic E-state index is -0.199. The quantitative estimate of drug-likeness (QED) is 0.806. The summed E-state index contributed by atoms with van der Waals surface area (Å²) in [6, 6.07) is 9.03. The lowest BCUT2D eigenvalue weighted by molar-refractivity contribution is 0.101. The van der Waals surface area contributed by atoms with E-state index in [-0.39, 0.29) is 5.91 Å². The van der Waals surface area contributed by atoms with Gasteiger partial charge < -0.3 is 9.73 Å². The number of benzene rings is 1. The van der Waals surface area contributed by atoms with Gasteiger partial charge in [-0.15, -0.1) is 0 Å². The van der Waals surface area contributed by atoms with Gasteiger partial charge >= 0.3 is 0 Å². The van der Waals surface area contributed by atoms with Crippen molar-refractivity contribution in [3.8, 4) is 11.5 Å². The normalized spacial score (nSPS) is 10.7. The highest BCUT2D eigenvalue weighted by Gasteiger charge is 2.11. The first-order chi connectivity index (χ1) is 10.5. The molecule has 1 N–H and O–H groups in total. The van der Waals surface area contributed by atoms with E-state index in [0.29, 0.717) is 17.3 Å². The van der Waals surface area contributed by atoms with E-state index in [1.807, 2.05) is 38.1 Å². The Balaban J connectivity index is 1.77. The number of amides is 1. The van der Waals surface area contributed by atoms with Crippen molar-refractivity contribution in [2.75, 3.05) is 5.32 Å². The molecule has 0 spiro atoms. The molecule has 22 heavy (non-hydrogen) atoms. The molecule has 112 valence electrons. The molecular weight excluding hydrogens is 280 g/mol. The van der Waals surface area contributed by atoms with Crippen LogP contribution in [0.15, 0.2) is 40.9 Å². The van der Waals surface area contributed by atoms with E-state index < -0.39 is 0 Å². The number of oxazole rings is 1. The summed E-state index contributed by atoms with van der Waals surface area (Å²) in [4.78, 5) is 16.5. The Morgan fingerprint density at radius 3 is 2.45 bits per heavy atom. The molecule has 0 atom stereocenters. The SMILES string of the molecule is Cc1nc(-c2ccc(NC(=O)c3ccnn3C)cc2)oc1C. The summed E-state index contributed by atoms with van der Waals surface area (Å²) in [6.07, 6.45) is 1.59. The Labute approximate surface area is 127 Å². The van der Waals surface area contributed by atoms with E-state index in [9.17, 15) is 4.79 Å². The number of nitrogens with zero attached hydrogens (tertiary/aromatic N) is 3. The van der Waals surface area contributed by atoms with Crippen LogP contribution in [-0.2, 0) is 7.05 Å². The first-order valence-electron chi connectivity index (χ1n) is 6.88. The van der Waals surface area contributed by atoms with Crippen LogP contribution < -0.4 is 5.32 Å². The van der Waals surface area contributed by atoms with Crippen LogP contribution >= 0.6 is 0 Å². The number of aromatic nitrogens is 3. The van der Waals surface area contributed by atoms with Crippen molar-refractivity contribution in [1.82, 2.24) is 14.8 Å². The average Bonchev–Trinajstić information content (AvgIpc) is 3.06. The summed E-state index contributed by atoms with van der Waals surface area (Å²) in [6.45, 7) is 3.79. The standard InChI is InChI=1S/C16H16N4O2/c1-10-11(2)22-16(18-10)12-4-6-13(7-5-12)19-15(21)14-8-9-17-20(14)3/h4-9H,1-3H3,(H,19,21). The van der Waals surface area contributed by atoms with Crippen molar-refractivity contribution < 1.29 is 9.21 Å². The second-order valence-electron chi connectivity index (χ2n) is 5.03. The second-order valence-corrected chi connectivity index (χ2v) is 5.03. The van der Waals surface area contributed by atoms with Crippen molar-refractivity contribution >= 4 is 11.6 Å². The first-order valence-corrected chi connectivity index (χ1v) is 6.88. The van der Waals surface area contributed by atoms with Gasteiger partial charge in [0.1, 0.15) is 11.5 Å². The molecule has 2 aromatic heterocycles. The number of rotatable bonds is 3. The smallest absolute Gasteiger partial charge is 0.273 e. The summed E-state index contributed by atoms with van der Waals surface area (Å²) < 4.78 is 7.12. The van der Waals surface area contributed by atoms with Gasteiger partial charge in [0.2, 0.25) is 5.89 Å². The molecule has 3 aromatic rings. The number of nitrogens with one attached hydrogen (secondary N) is 1. The average molecular weight is 296 g/mol. The summed E-state index contributed by atoms with van der Waals surface area (Å²) in [5.41, 5.74) is 2.95. The molecule has 0 saturated carbocycles. The fourth-order valence-corrected chi connectivity index (χ4v) is 2.08. The molecule has 2 heterocycles. The van der Waals surface area contributed by atoms with E-state index >= 15 is 0 Å². The topological polar surface area (TPSA) is 73.0 Å². The molecule has 0 aliphatic rings. The Bertz CT molecular complexity index is 796. The predicted octanol–water partition coefficient (Wildman–Crippen LogP) is 2.94. The van der Waals surface area contributed by atoms with Gasteiger partial charge in [0.05, 0.1) is 5.69 Å². The van der Waals surface area contributed by atoms with Crippen molar-refractivity contribution in [2.45, 2.75) is 13.8 Å². The van der Waals surface area contributed by atoms with Gasteiger partial charge in [-0.3, -0.25) is 9.48 Å². The number of anilines is 1. The maximum Gasteiger partial charge on any atom is 0.273 e. The van der Waals surface area contributed by atoms with Gasteiger partial charge in [-0.25, -0.2) is 4.98 Å². The fourth-order valence-electron chi connectivity index (χ4n) is 2.08. The Morgan fingerprint density at radius 2 is 1.91 bits per heavy atom. The molecule has 6 nitrogen and oxygen atoms in total. The fraction of sp³-hybridized carbons (Fsp3) is 0.188. The molecule has 6 heteroatoms. The highest BCUT2D eigenvalue weighted by Crippen LogP contribution is 2.23. The monoisotopic (exact) mass is 296 g/mol. The van der Waals surface area contributed by atoms with E-state index in [0.717, 1.165) is 17.0 Å². The number of carbonyl (C=O) groups excluding carboxylic acids is 1. The van der Waals surface area contributed by atoms with Crippen LogP contribution in [-0.4, -0.2) is 20.7 Å². The maximum atomic E-state index is 12.1. The molecule has 3 rings (SSSR count). The zero-order valence-electron chi connectivity index (χ0n) is 12.6. The van der Waals surface area contributed by atoms with Crippen molar-refractivity contribution in [1.29, 1.82) is 0 Å². The predicted molar refractivity (Wildman–Crippen MR) is 82.6 cm³/mol. The lowest BCUT2D eigenvalue weighted by atomic mass is 10.2. The third-order valence-corrected chi connectivity index (χ3v) is 3.47. The molecule has 1 amide bonds. The first kappa shape index (κ1) is 14.1. The summed E-state index contributed by atoms with van der Waals surface area (Å²) in [7, 11) is 1.73. The number of aryl methyl sites for hydroxylation is 3. The van der Waals surface area contributed by atoms with Crippen LogP contribution in [0.1, 0.15) is 21.9 Å². The number of hydrogen-bond donors (Lipinski definition) is 1. The molecular formula is C16H16N4O2. The summed E-state index contributed by atoms with van der Waals surface area (Å²) in [5, 5.41) is 6.81. The van der Waals surface area contributed by atoms with Crippen molar-refractivity contribution in [3.63, 3.8) is 0 Å². The van der Waals surface area contributed by atoms with Crippen LogP contribution in [0.2, 0.25) is 0 Å². The van der Waals surface area contributed by atoms with Crippen LogP contribution in [0.5, 0.6) is 0 Å². The van der Waals surface area contributed by atoms with Gasteiger partial charge in [0, 0.05) is 24.5 Å². The highest BCUT2D eigenvalue weighted by molar-refractivity contribution is 6.03. The minimum Gasteiger partial charge on any atom is -0.441 e. The lowest BCUT2D eigenvalue weighted by Gasteiger charge is -2.05. The largest absolute Gasteiger partial charge is 0.441 e. The Kier molecular flexibility index (Phi) is 3.50. The molecule has 0 saturated heterocycles. The van der Waals surface area contributed by atoms with Crippen molar-refractivity contribution in [2.24, 2.45) is 7.05 Å². The van der Waals surface area contributed by atoms with Gasteiger partial charge in [-0.05, 0) is 44.2 Å². The van der Waals surface area contributed by atoms with Gasteiger partial charge in [0.15, 0.2) is 0 Å². The van der Waals surface area contributed by atoms with E-state index in [1.54, 1.807) is 19.3 Å². The lowest BCUT2D eigenvalue weighted by Crippen LogP contribution is -2.15. The molecule has 0 radical (unpaired) electrons. The number of hydrogen-bond acceptors (Lipinski definition) is 4. The van der Waals surface area contributed by atoms with Crippen LogP contribution in [0, 0.1) is 13.8 Å². The molecule has 0 aliphatic carbocycles. The van der Waals surface area contributed by atoms with E-state index in [4.69, 9.17) is 4.42 Å².